The number of rotatable bonds is 4. The number of hydrogen-bond acceptors (Lipinski definition) is 3. The molecule has 0 bridgehead atoms. The predicted molar refractivity (Wildman–Crippen MR) is 109 cm³/mol. The molecule has 1 amide bonds. The maximum atomic E-state index is 13.8. The number of carbonyl (C=O) groups is 1. The fraction of sp³-hybridized carbons (Fsp3) is 0.304. The average Bonchev–Trinajstić information content (AvgIpc) is 3.04. The lowest BCUT2D eigenvalue weighted by atomic mass is 9.95. The number of carbonyl (C=O) groups excluding carboxylic acids is 1. The molecule has 7 heteroatoms. The molecule has 0 unspecified atom stereocenters. The molecular weight excluding hydrogens is 388 g/mol. The van der Waals surface area contributed by atoms with E-state index in [1.165, 1.54) is 12.1 Å². The highest BCUT2D eigenvalue weighted by Crippen LogP contribution is 2.36. The quantitative estimate of drug-likeness (QED) is 0.634. The molecule has 0 spiro atoms. The van der Waals surface area contributed by atoms with Crippen molar-refractivity contribution in [2.75, 3.05) is 13.2 Å². The van der Waals surface area contributed by atoms with E-state index in [4.69, 9.17) is 4.74 Å². The van der Waals surface area contributed by atoms with Crippen LogP contribution < -0.4 is 4.74 Å². The third kappa shape index (κ3) is 3.56. The fourth-order valence-corrected chi connectivity index (χ4v) is 4.12. The fourth-order valence-electron chi connectivity index (χ4n) is 4.12. The van der Waals surface area contributed by atoms with Gasteiger partial charge in [0.05, 0.1) is 24.0 Å². The SMILES string of the molecule is CCOc1cccc(C(=O)N2CCc3c(nn(C)c3-c3cc(F)cc(F)c3)[C@@H]2C)c1. The first-order valence-corrected chi connectivity index (χ1v) is 9.95. The second-order valence-electron chi connectivity index (χ2n) is 7.38. The molecule has 1 aromatic heterocycles. The monoisotopic (exact) mass is 411 g/mol. The molecule has 30 heavy (non-hydrogen) atoms. The first kappa shape index (κ1) is 20.1. The third-order valence-electron chi connectivity index (χ3n) is 5.43. The van der Waals surface area contributed by atoms with Crippen molar-refractivity contribution >= 4 is 5.91 Å². The van der Waals surface area contributed by atoms with Crippen molar-refractivity contribution in [3.05, 3.63) is 70.9 Å². The maximum Gasteiger partial charge on any atom is 0.254 e. The Hall–Kier alpha value is -3.22. The first-order valence-electron chi connectivity index (χ1n) is 9.95. The molecule has 0 fully saturated rings. The molecule has 2 aromatic carbocycles. The molecule has 0 aliphatic carbocycles. The van der Waals surface area contributed by atoms with Gasteiger partial charge >= 0.3 is 0 Å². The van der Waals surface area contributed by atoms with Crippen LogP contribution in [0.2, 0.25) is 0 Å². The summed E-state index contributed by atoms with van der Waals surface area (Å²) in [5.74, 6) is -0.703. The van der Waals surface area contributed by atoms with Gasteiger partial charge in [-0.3, -0.25) is 9.48 Å². The van der Waals surface area contributed by atoms with Crippen molar-refractivity contribution in [1.82, 2.24) is 14.7 Å². The lowest BCUT2D eigenvalue weighted by molar-refractivity contribution is 0.0673. The molecule has 1 atom stereocenters. The van der Waals surface area contributed by atoms with Crippen molar-refractivity contribution in [1.29, 1.82) is 0 Å². The summed E-state index contributed by atoms with van der Waals surface area (Å²) in [4.78, 5) is 14.9. The zero-order chi connectivity index (χ0) is 21.4. The van der Waals surface area contributed by atoms with Crippen LogP contribution in [0.15, 0.2) is 42.5 Å². The van der Waals surface area contributed by atoms with Gasteiger partial charge in [0.1, 0.15) is 17.4 Å². The number of benzene rings is 2. The second-order valence-corrected chi connectivity index (χ2v) is 7.38. The summed E-state index contributed by atoms with van der Waals surface area (Å²) < 4.78 is 34.7. The van der Waals surface area contributed by atoms with Gasteiger partial charge in [0.15, 0.2) is 0 Å². The van der Waals surface area contributed by atoms with Gasteiger partial charge in [0.25, 0.3) is 5.91 Å². The van der Waals surface area contributed by atoms with Gasteiger partial charge in [-0.2, -0.15) is 5.10 Å². The number of ether oxygens (including phenoxy) is 1. The van der Waals surface area contributed by atoms with E-state index in [-0.39, 0.29) is 11.9 Å². The van der Waals surface area contributed by atoms with Crippen LogP contribution in [0.1, 0.15) is 41.5 Å². The predicted octanol–water partition coefficient (Wildman–Crippen LogP) is 4.52. The van der Waals surface area contributed by atoms with Gasteiger partial charge in [-0.25, -0.2) is 8.78 Å². The Labute approximate surface area is 173 Å². The van der Waals surface area contributed by atoms with E-state index in [2.05, 4.69) is 5.10 Å². The van der Waals surface area contributed by atoms with Crippen molar-refractivity contribution in [2.45, 2.75) is 26.3 Å². The lowest BCUT2D eigenvalue weighted by Crippen LogP contribution is -2.38. The molecule has 1 aliphatic heterocycles. The summed E-state index contributed by atoms with van der Waals surface area (Å²) >= 11 is 0. The number of hydrogen-bond donors (Lipinski definition) is 0. The summed E-state index contributed by atoms with van der Waals surface area (Å²) in [5.41, 5.74) is 3.35. The number of aryl methyl sites for hydroxylation is 1. The van der Waals surface area contributed by atoms with Gasteiger partial charge in [-0.1, -0.05) is 6.07 Å². The normalized spacial score (nSPS) is 15.8. The summed E-state index contributed by atoms with van der Waals surface area (Å²) in [6.45, 7) is 4.83. The van der Waals surface area contributed by atoms with E-state index in [1.807, 2.05) is 19.9 Å². The van der Waals surface area contributed by atoms with Gasteiger partial charge in [0.2, 0.25) is 0 Å². The largest absolute Gasteiger partial charge is 0.494 e. The van der Waals surface area contributed by atoms with Gasteiger partial charge < -0.3 is 9.64 Å². The molecule has 4 rings (SSSR count). The minimum atomic E-state index is -0.630. The van der Waals surface area contributed by atoms with Gasteiger partial charge in [-0.15, -0.1) is 0 Å². The van der Waals surface area contributed by atoms with Crippen LogP contribution in [-0.4, -0.2) is 33.7 Å². The Morgan fingerprint density at radius 1 is 1.20 bits per heavy atom. The molecule has 1 aliphatic rings. The van der Waals surface area contributed by atoms with Crippen molar-refractivity contribution < 1.29 is 18.3 Å². The molecule has 2 heterocycles. The van der Waals surface area contributed by atoms with Crippen molar-refractivity contribution in [2.24, 2.45) is 7.05 Å². The van der Waals surface area contributed by atoms with Crippen LogP contribution in [0.4, 0.5) is 8.78 Å². The average molecular weight is 411 g/mol. The molecule has 3 aromatic rings. The van der Waals surface area contributed by atoms with Crippen LogP contribution >= 0.6 is 0 Å². The van der Waals surface area contributed by atoms with Crippen LogP contribution in [0, 0.1) is 11.6 Å². The second kappa shape index (κ2) is 7.89. The van der Waals surface area contributed by atoms with E-state index < -0.39 is 11.6 Å². The van der Waals surface area contributed by atoms with Crippen molar-refractivity contribution in [3.63, 3.8) is 0 Å². The third-order valence-corrected chi connectivity index (χ3v) is 5.43. The Morgan fingerprint density at radius 3 is 2.63 bits per heavy atom. The number of aromatic nitrogens is 2. The number of halogens is 2. The first-order chi connectivity index (χ1) is 14.4. The van der Waals surface area contributed by atoms with E-state index in [0.29, 0.717) is 42.1 Å². The summed E-state index contributed by atoms with van der Waals surface area (Å²) in [6, 6.07) is 10.3. The molecule has 0 saturated heterocycles. The highest BCUT2D eigenvalue weighted by Gasteiger charge is 2.33. The van der Waals surface area contributed by atoms with Crippen LogP contribution in [0.5, 0.6) is 5.75 Å². The Morgan fingerprint density at radius 2 is 1.93 bits per heavy atom. The molecular formula is C23H23F2N3O2. The Bertz CT molecular complexity index is 1090. The summed E-state index contributed by atoms with van der Waals surface area (Å²) in [6.07, 6.45) is 0.553. The zero-order valence-corrected chi connectivity index (χ0v) is 17.2. The van der Waals surface area contributed by atoms with Crippen LogP contribution in [-0.2, 0) is 13.5 Å². The van der Waals surface area contributed by atoms with Crippen LogP contribution in [0.3, 0.4) is 0 Å². The molecule has 0 N–H and O–H groups in total. The maximum absolute atomic E-state index is 13.8. The van der Waals surface area contributed by atoms with Gasteiger partial charge in [-0.05, 0) is 50.6 Å². The number of amides is 1. The Kier molecular flexibility index (Phi) is 5.28. The van der Waals surface area contributed by atoms with E-state index in [0.717, 1.165) is 17.3 Å². The topological polar surface area (TPSA) is 47.4 Å². The minimum Gasteiger partial charge on any atom is -0.494 e. The smallest absolute Gasteiger partial charge is 0.254 e. The Balaban J connectivity index is 1.67. The number of nitrogens with zero attached hydrogens (tertiary/aromatic N) is 3. The zero-order valence-electron chi connectivity index (χ0n) is 17.2. The molecule has 156 valence electrons. The van der Waals surface area contributed by atoms with Gasteiger partial charge in [0, 0.05) is 36.3 Å². The van der Waals surface area contributed by atoms with Crippen molar-refractivity contribution in [3.8, 4) is 17.0 Å². The van der Waals surface area contributed by atoms with E-state index >= 15 is 0 Å². The van der Waals surface area contributed by atoms with Crippen LogP contribution in [0.25, 0.3) is 11.3 Å². The minimum absolute atomic E-state index is 0.0984. The lowest BCUT2D eigenvalue weighted by Gasteiger charge is -2.33. The molecule has 0 radical (unpaired) electrons. The van der Waals surface area contributed by atoms with E-state index in [9.17, 15) is 13.6 Å². The molecule has 5 nitrogen and oxygen atoms in total. The van der Waals surface area contributed by atoms with E-state index in [1.54, 1.807) is 34.8 Å². The number of fused-ring (bicyclic) bond motifs is 1. The summed E-state index contributed by atoms with van der Waals surface area (Å²) in [5, 5.41) is 4.59. The molecule has 0 saturated carbocycles. The highest BCUT2D eigenvalue weighted by molar-refractivity contribution is 5.95. The summed E-state index contributed by atoms with van der Waals surface area (Å²) in [7, 11) is 1.75. The highest BCUT2D eigenvalue weighted by atomic mass is 19.1. The standard InChI is InChI=1S/C23H23F2N3O2/c1-4-30-19-7-5-6-15(12-19)23(29)28-9-8-20-21(14(28)2)26-27(3)22(20)16-10-17(24)13-18(25)11-16/h5-7,10-14H,4,8-9H2,1-3H3/t14-/m0/s1.